The molecule has 0 amide bonds. The van der Waals surface area contributed by atoms with E-state index in [1.54, 1.807) is 7.11 Å². The summed E-state index contributed by atoms with van der Waals surface area (Å²) in [5.41, 5.74) is 6.80. The quantitative estimate of drug-likeness (QED) is 0.891. The first-order chi connectivity index (χ1) is 8.91. The van der Waals surface area contributed by atoms with Crippen LogP contribution in [0.4, 0.5) is 11.5 Å². The molecule has 4 heteroatoms. The van der Waals surface area contributed by atoms with Gasteiger partial charge in [-0.05, 0) is 36.3 Å². The topological polar surface area (TPSA) is 51.4 Å². The maximum atomic E-state index is 5.80. The number of hydrogen-bond acceptors (Lipinski definition) is 4. The smallest absolute Gasteiger partial charge is 0.238 e. The normalized spacial score (nSPS) is 17.6. The van der Waals surface area contributed by atoms with E-state index in [9.17, 15) is 0 Å². The molecule has 0 aromatic carbocycles. The summed E-state index contributed by atoms with van der Waals surface area (Å²) in [6.45, 7) is 9.11. The van der Waals surface area contributed by atoms with Gasteiger partial charge in [-0.3, -0.25) is 0 Å². The van der Waals surface area contributed by atoms with E-state index in [2.05, 4.69) is 30.7 Å². The molecule has 0 radical (unpaired) electrons. The Hall–Kier alpha value is -1.45. The predicted octanol–water partition coefficient (Wildman–Crippen LogP) is 2.93. The summed E-state index contributed by atoms with van der Waals surface area (Å²) in [7, 11) is 1.61. The molecule has 19 heavy (non-hydrogen) atoms. The molecular formula is C15H25N3O. The molecule has 1 aliphatic rings. The van der Waals surface area contributed by atoms with Gasteiger partial charge in [0.1, 0.15) is 5.82 Å². The highest BCUT2D eigenvalue weighted by Gasteiger charge is 2.29. The van der Waals surface area contributed by atoms with Gasteiger partial charge in [-0.25, -0.2) is 0 Å². The van der Waals surface area contributed by atoms with Gasteiger partial charge in [0.15, 0.2) is 0 Å². The Morgan fingerprint density at radius 1 is 1.26 bits per heavy atom. The molecule has 2 heterocycles. The fraction of sp³-hybridized carbons (Fsp3) is 0.667. The van der Waals surface area contributed by atoms with Crippen molar-refractivity contribution >= 4 is 11.5 Å². The van der Waals surface area contributed by atoms with E-state index in [1.807, 2.05) is 12.1 Å². The number of ether oxygens (including phenoxy) is 1. The monoisotopic (exact) mass is 263 g/mol. The largest absolute Gasteiger partial charge is 0.479 e. The van der Waals surface area contributed by atoms with Gasteiger partial charge in [-0.1, -0.05) is 20.8 Å². The second kappa shape index (κ2) is 5.27. The van der Waals surface area contributed by atoms with Crippen LogP contribution in [0.5, 0.6) is 5.88 Å². The van der Waals surface area contributed by atoms with Crippen molar-refractivity contribution in [2.24, 2.45) is 11.3 Å². The molecule has 1 aromatic rings. The fourth-order valence-corrected chi connectivity index (χ4v) is 2.76. The number of piperidine rings is 1. The van der Waals surface area contributed by atoms with Crippen molar-refractivity contribution in [2.45, 2.75) is 33.6 Å². The molecule has 0 unspecified atom stereocenters. The third-order valence-electron chi connectivity index (χ3n) is 4.11. The van der Waals surface area contributed by atoms with E-state index in [4.69, 9.17) is 10.5 Å². The first-order valence-corrected chi connectivity index (χ1v) is 6.97. The third kappa shape index (κ3) is 3.11. The zero-order valence-electron chi connectivity index (χ0n) is 12.4. The fourth-order valence-electron chi connectivity index (χ4n) is 2.76. The van der Waals surface area contributed by atoms with Crippen LogP contribution in [0.2, 0.25) is 0 Å². The van der Waals surface area contributed by atoms with Crippen molar-refractivity contribution in [3.05, 3.63) is 12.1 Å². The molecule has 0 saturated carbocycles. The average molecular weight is 263 g/mol. The highest BCUT2D eigenvalue weighted by atomic mass is 16.5. The zero-order chi connectivity index (χ0) is 14.0. The Labute approximate surface area is 116 Å². The van der Waals surface area contributed by atoms with Gasteiger partial charge in [-0.15, -0.1) is 0 Å². The van der Waals surface area contributed by atoms with Crippen LogP contribution in [-0.2, 0) is 0 Å². The molecule has 0 atom stereocenters. The van der Waals surface area contributed by atoms with E-state index in [0.717, 1.165) is 24.8 Å². The first kappa shape index (κ1) is 14.0. The maximum absolute atomic E-state index is 5.80. The van der Waals surface area contributed by atoms with Crippen LogP contribution < -0.4 is 15.4 Å². The van der Waals surface area contributed by atoms with Crippen LogP contribution >= 0.6 is 0 Å². The lowest BCUT2D eigenvalue weighted by Crippen LogP contribution is -2.38. The minimum atomic E-state index is 0.401. The van der Waals surface area contributed by atoms with E-state index in [-0.39, 0.29) is 0 Å². The number of aromatic nitrogens is 1. The van der Waals surface area contributed by atoms with Gasteiger partial charge in [0.05, 0.1) is 12.8 Å². The molecular weight excluding hydrogens is 238 g/mol. The van der Waals surface area contributed by atoms with Crippen LogP contribution in [0.1, 0.15) is 33.6 Å². The molecule has 4 nitrogen and oxygen atoms in total. The summed E-state index contributed by atoms with van der Waals surface area (Å²) < 4.78 is 5.19. The van der Waals surface area contributed by atoms with E-state index in [1.165, 1.54) is 12.8 Å². The van der Waals surface area contributed by atoms with Crippen LogP contribution in [0, 0.1) is 11.3 Å². The molecule has 1 saturated heterocycles. The molecule has 0 bridgehead atoms. The van der Waals surface area contributed by atoms with Crippen LogP contribution in [0.15, 0.2) is 12.1 Å². The second-order valence-electron chi connectivity index (χ2n) is 6.40. The van der Waals surface area contributed by atoms with Gasteiger partial charge in [0, 0.05) is 13.1 Å². The Morgan fingerprint density at radius 2 is 1.89 bits per heavy atom. The van der Waals surface area contributed by atoms with Crippen LogP contribution in [0.25, 0.3) is 0 Å². The number of hydrogen-bond donors (Lipinski definition) is 1. The van der Waals surface area contributed by atoms with Gasteiger partial charge in [0.25, 0.3) is 0 Å². The molecule has 0 aliphatic carbocycles. The minimum Gasteiger partial charge on any atom is -0.479 e. The number of nitrogens with zero attached hydrogens (tertiary/aromatic N) is 2. The summed E-state index contributed by atoms with van der Waals surface area (Å²) in [5, 5.41) is 0. The highest BCUT2D eigenvalue weighted by molar-refractivity contribution is 5.54. The standard InChI is InChI=1S/C15H25N3O/c1-15(2,3)11-7-9-18(10-8-11)13-6-5-12(16)14(17-13)19-4/h5-6,11H,7-10,16H2,1-4H3. The second-order valence-corrected chi connectivity index (χ2v) is 6.40. The van der Waals surface area contributed by atoms with Gasteiger partial charge >= 0.3 is 0 Å². The van der Waals surface area contributed by atoms with Crippen molar-refractivity contribution in [1.82, 2.24) is 4.98 Å². The van der Waals surface area contributed by atoms with Crippen molar-refractivity contribution < 1.29 is 4.74 Å². The van der Waals surface area contributed by atoms with Crippen molar-refractivity contribution in [2.75, 3.05) is 30.8 Å². The molecule has 1 aromatic heterocycles. The van der Waals surface area contributed by atoms with Gasteiger partial charge in [0.2, 0.25) is 5.88 Å². The SMILES string of the molecule is COc1nc(N2CCC(C(C)(C)C)CC2)ccc1N. The number of nitrogen functional groups attached to an aromatic ring is 1. The van der Waals surface area contributed by atoms with Crippen molar-refractivity contribution in [1.29, 1.82) is 0 Å². The first-order valence-electron chi connectivity index (χ1n) is 6.97. The van der Waals surface area contributed by atoms with E-state index < -0.39 is 0 Å². The van der Waals surface area contributed by atoms with E-state index in [0.29, 0.717) is 17.0 Å². The molecule has 1 fully saturated rings. The van der Waals surface area contributed by atoms with Crippen molar-refractivity contribution in [3.63, 3.8) is 0 Å². The molecule has 106 valence electrons. The summed E-state index contributed by atoms with van der Waals surface area (Å²) >= 11 is 0. The molecule has 1 aliphatic heterocycles. The molecule has 2 N–H and O–H groups in total. The number of anilines is 2. The van der Waals surface area contributed by atoms with Crippen molar-refractivity contribution in [3.8, 4) is 5.88 Å². The lowest BCUT2D eigenvalue weighted by atomic mass is 9.75. The zero-order valence-corrected chi connectivity index (χ0v) is 12.4. The van der Waals surface area contributed by atoms with Gasteiger partial charge in [-0.2, -0.15) is 4.98 Å². The number of methoxy groups -OCH3 is 1. The number of pyridine rings is 1. The van der Waals surface area contributed by atoms with E-state index >= 15 is 0 Å². The number of nitrogens with two attached hydrogens (primary N) is 1. The molecule has 2 rings (SSSR count). The summed E-state index contributed by atoms with van der Waals surface area (Å²) in [4.78, 5) is 6.80. The Morgan fingerprint density at radius 3 is 2.42 bits per heavy atom. The minimum absolute atomic E-state index is 0.401. The number of rotatable bonds is 2. The average Bonchev–Trinajstić information content (AvgIpc) is 2.38. The van der Waals surface area contributed by atoms with Gasteiger partial charge < -0.3 is 15.4 Å². The lowest BCUT2D eigenvalue weighted by Gasteiger charge is -2.39. The van der Waals surface area contributed by atoms with Crippen LogP contribution in [-0.4, -0.2) is 25.2 Å². The summed E-state index contributed by atoms with van der Waals surface area (Å²) in [6, 6.07) is 3.85. The Balaban J connectivity index is 2.05. The highest BCUT2D eigenvalue weighted by Crippen LogP contribution is 2.35. The Bertz CT molecular complexity index is 432. The predicted molar refractivity (Wildman–Crippen MR) is 79.6 cm³/mol. The summed E-state index contributed by atoms with van der Waals surface area (Å²) in [6.07, 6.45) is 2.44. The third-order valence-corrected chi connectivity index (χ3v) is 4.11. The van der Waals surface area contributed by atoms with Crippen LogP contribution in [0.3, 0.4) is 0 Å². The Kier molecular flexibility index (Phi) is 3.88. The maximum Gasteiger partial charge on any atom is 0.238 e. The summed E-state index contributed by atoms with van der Waals surface area (Å²) in [5.74, 6) is 2.29. The lowest BCUT2D eigenvalue weighted by molar-refractivity contribution is 0.198. The molecule has 0 spiro atoms.